The van der Waals surface area contributed by atoms with E-state index < -0.39 is 22.8 Å². The van der Waals surface area contributed by atoms with Gasteiger partial charge in [0.25, 0.3) is 11.6 Å². The van der Waals surface area contributed by atoms with Gasteiger partial charge in [-0.25, -0.2) is 15.0 Å². The first-order valence-corrected chi connectivity index (χ1v) is 9.19. The van der Waals surface area contributed by atoms with Crippen molar-refractivity contribution in [1.29, 1.82) is 0 Å². The van der Waals surface area contributed by atoms with E-state index in [1.807, 2.05) is 0 Å². The Balaban J connectivity index is 1.64. The highest BCUT2D eigenvalue weighted by atomic mass is 19.4. The van der Waals surface area contributed by atoms with Crippen LogP contribution in [-0.2, 0) is 6.18 Å². The van der Waals surface area contributed by atoms with Crippen LogP contribution in [0.2, 0.25) is 0 Å². The highest BCUT2D eigenvalue weighted by molar-refractivity contribution is 6.03. The quantitative estimate of drug-likeness (QED) is 0.354. The molecule has 0 aliphatic carbocycles. The van der Waals surface area contributed by atoms with Crippen LogP contribution in [-0.4, -0.2) is 37.5 Å². The first kappa shape index (κ1) is 21.7. The van der Waals surface area contributed by atoms with Gasteiger partial charge in [0, 0.05) is 23.8 Å². The number of hydrogen-bond acceptors (Lipinski definition) is 7. The van der Waals surface area contributed by atoms with Crippen molar-refractivity contribution in [3.05, 3.63) is 76.4 Å². The summed E-state index contributed by atoms with van der Waals surface area (Å²) in [7, 11) is 1.39. The van der Waals surface area contributed by atoms with Gasteiger partial charge in [0.15, 0.2) is 11.6 Å². The lowest BCUT2D eigenvalue weighted by Gasteiger charge is -2.11. The first-order chi connectivity index (χ1) is 15.7. The fraction of sp³-hybridized carbons (Fsp3) is 0.100. The van der Waals surface area contributed by atoms with Gasteiger partial charge in [0.1, 0.15) is 5.75 Å². The zero-order valence-corrected chi connectivity index (χ0v) is 16.7. The van der Waals surface area contributed by atoms with Crippen LogP contribution in [0.3, 0.4) is 0 Å². The second-order valence-electron chi connectivity index (χ2n) is 6.64. The Morgan fingerprint density at radius 1 is 1.12 bits per heavy atom. The highest BCUT2D eigenvalue weighted by Gasteiger charge is 2.38. The van der Waals surface area contributed by atoms with Crippen molar-refractivity contribution in [3.8, 4) is 11.6 Å². The number of imidazole rings is 1. The number of alkyl halides is 3. The lowest BCUT2D eigenvalue weighted by atomic mass is 10.2. The molecule has 2 heterocycles. The van der Waals surface area contributed by atoms with E-state index in [2.05, 4.69) is 20.3 Å². The molecule has 10 nitrogen and oxygen atoms in total. The highest BCUT2D eigenvalue weighted by Crippen LogP contribution is 2.34. The number of ether oxygens (including phenoxy) is 1. The number of carbonyl (C=O) groups is 1. The summed E-state index contributed by atoms with van der Waals surface area (Å²) in [4.78, 5) is 34.0. The maximum atomic E-state index is 13.6. The van der Waals surface area contributed by atoms with Crippen LogP contribution in [0.1, 0.15) is 16.2 Å². The van der Waals surface area contributed by atoms with E-state index in [9.17, 15) is 28.1 Å². The normalized spacial score (nSPS) is 11.4. The maximum Gasteiger partial charge on any atom is 0.450 e. The van der Waals surface area contributed by atoms with Crippen molar-refractivity contribution < 1.29 is 27.6 Å². The van der Waals surface area contributed by atoms with E-state index in [1.54, 1.807) is 0 Å². The second-order valence-corrected chi connectivity index (χ2v) is 6.64. The average Bonchev–Trinajstić information content (AvgIpc) is 3.19. The van der Waals surface area contributed by atoms with E-state index in [0.29, 0.717) is 5.75 Å². The number of amides is 1. The zero-order valence-electron chi connectivity index (χ0n) is 16.7. The molecule has 0 bridgehead atoms. The van der Waals surface area contributed by atoms with Gasteiger partial charge in [-0.15, -0.1) is 0 Å². The fourth-order valence-corrected chi connectivity index (χ4v) is 3.03. The largest absolute Gasteiger partial charge is 0.497 e. The summed E-state index contributed by atoms with van der Waals surface area (Å²) >= 11 is 0. The van der Waals surface area contributed by atoms with E-state index in [1.165, 1.54) is 49.6 Å². The van der Waals surface area contributed by atoms with Crippen LogP contribution in [0.4, 0.5) is 24.7 Å². The number of aromatic nitrogens is 4. The molecule has 33 heavy (non-hydrogen) atoms. The number of nitro benzene ring substituents is 1. The Hall–Kier alpha value is -4.55. The zero-order chi connectivity index (χ0) is 23.8. The van der Waals surface area contributed by atoms with E-state index in [-0.39, 0.29) is 33.9 Å². The third-order valence-electron chi connectivity index (χ3n) is 4.56. The van der Waals surface area contributed by atoms with Gasteiger partial charge in [-0.05, 0) is 24.3 Å². The molecule has 0 radical (unpaired) electrons. The fourth-order valence-electron chi connectivity index (χ4n) is 3.03. The summed E-state index contributed by atoms with van der Waals surface area (Å²) in [5.41, 5.74) is 0.140. The Morgan fingerprint density at radius 3 is 2.42 bits per heavy atom. The molecule has 0 aliphatic rings. The van der Waals surface area contributed by atoms with Crippen LogP contribution in [0.15, 0.2) is 54.9 Å². The molecule has 0 atom stereocenters. The summed E-state index contributed by atoms with van der Waals surface area (Å²) < 4.78 is 46.7. The van der Waals surface area contributed by atoms with Crippen molar-refractivity contribution in [2.75, 3.05) is 12.4 Å². The van der Waals surface area contributed by atoms with Gasteiger partial charge < -0.3 is 10.1 Å². The predicted octanol–water partition coefficient (Wildman–Crippen LogP) is 4.00. The molecular weight excluding hydrogens is 445 g/mol. The number of rotatable bonds is 5. The lowest BCUT2D eigenvalue weighted by molar-refractivity contribution is -0.384. The molecule has 13 heteroatoms. The summed E-state index contributed by atoms with van der Waals surface area (Å²) in [6.07, 6.45) is -2.61. The monoisotopic (exact) mass is 458 g/mol. The number of anilines is 1. The molecule has 1 N–H and O–H groups in total. The Morgan fingerprint density at radius 2 is 1.85 bits per heavy atom. The number of nitrogens with one attached hydrogen (secondary N) is 1. The minimum atomic E-state index is -4.77. The molecule has 2 aromatic heterocycles. The van der Waals surface area contributed by atoms with Crippen molar-refractivity contribution in [1.82, 2.24) is 19.5 Å². The number of fused-ring (bicyclic) bond motifs is 1. The Kier molecular flexibility index (Phi) is 5.37. The van der Waals surface area contributed by atoms with Crippen molar-refractivity contribution in [2.24, 2.45) is 0 Å². The number of nitrogens with zero attached hydrogens (tertiary/aromatic N) is 5. The van der Waals surface area contributed by atoms with Gasteiger partial charge in [-0.3, -0.25) is 19.5 Å². The number of nitro groups is 1. The minimum absolute atomic E-state index is 0.0262. The van der Waals surface area contributed by atoms with Crippen LogP contribution >= 0.6 is 0 Å². The van der Waals surface area contributed by atoms with Gasteiger partial charge >= 0.3 is 6.18 Å². The molecule has 0 spiro atoms. The number of benzene rings is 2. The molecule has 4 aromatic rings. The number of carbonyl (C=O) groups excluding carboxylic acids is 1. The Bertz CT molecular complexity index is 1350. The summed E-state index contributed by atoms with van der Waals surface area (Å²) in [5.74, 6) is -1.66. The van der Waals surface area contributed by atoms with Crippen molar-refractivity contribution in [3.63, 3.8) is 0 Å². The molecule has 1 amide bonds. The summed E-state index contributed by atoms with van der Waals surface area (Å²) in [6, 6.07) is 9.14. The van der Waals surface area contributed by atoms with Crippen LogP contribution in [0.25, 0.3) is 16.9 Å². The molecule has 4 rings (SSSR count). The van der Waals surface area contributed by atoms with Gasteiger partial charge in [-0.1, -0.05) is 0 Å². The third kappa shape index (κ3) is 4.28. The molecule has 168 valence electrons. The van der Waals surface area contributed by atoms with E-state index in [4.69, 9.17) is 4.74 Å². The van der Waals surface area contributed by atoms with Gasteiger partial charge in [-0.2, -0.15) is 13.2 Å². The number of non-ortho nitro benzene ring substituents is 1. The maximum absolute atomic E-state index is 13.6. The standard InChI is InChI=1S/C20H13F3N6O4/c1-33-13-6-7-15-14(8-13)26-19(20(21,22)23)28(15)17-10-24-16(9-25-17)27-18(30)11-2-4-12(5-3-11)29(31)32/h2-10H,1H3,(H,24,27,30). The second kappa shape index (κ2) is 8.18. The molecule has 0 unspecified atom stereocenters. The van der Waals surface area contributed by atoms with E-state index in [0.717, 1.165) is 17.0 Å². The first-order valence-electron chi connectivity index (χ1n) is 9.19. The van der Waals surface area contributed by atoms with E-state index >= 15 is 0 Å². The average molecular weight is 458 g/mol. The van der Waals surface area contributed by atoms with Crippen molar-refractivity contribution in [2.45, 2.75) is 6.18 Å². The molecule has 0 aliphatic heterocycles. The van der Waals surface area contributed by atoms with Crippen LogP contribution in [0, 0.1) is 10.1 Å². The molecule has 0 fully saturated rings. The van der Waals surface area contributed by atoms with Crippen LogP contribution in [0.5, 0.6) is 5.75 Å². The summed E-state index contributed by atoms with van der Waals surface area (Å²) in [5, 5.41) is 13.1. The number of halogens is 3. The molecular formula is C20H13F3N6O4. The predicted molar refractivity (Wildman–Crippen MR) is 109 cm³/mol. The minimum Gasteiger partial charge on any atom is -0.497 e. The lowest BCUT2D eigenvalue weighted by Crippen LogP contribution is -2.16. The molecule has 2 aromatic carbocycles. The van der Waals surface area contributed by atoms with Gasteiger partial charge in [0.2, 0.25) is 5.82 Å². The summed E-state index contributed by atoms with van der Waals surface area (Å²) in [6.45, 7) is 0. The van der Waals surface area contributed by atoms with Crippen LogP contribution < -0.4 is 10.1 Å². The van der Waals surface area contributed by atoms with Gasteiger partial charge in [0.05, 0.1) is 35.5 Å². The topological polar surface area (TPSA) is 125 Å². The Labute approximate surface area is 182 Å². The SMILES string of the molecule is COc1ccc2c(c1)nc(C(F)(F)F)n2-c1cnc(NC(=O)c2ccc([N+](=O)[O-])cc2)cn1. The number of methoxy groups -OCH3 is 1. The third-order valence-corrected chi connectivity index (χ3v) is 4.56. The number of hydrogen-bond donors (Lipinski definition) is 1. The van der Waals surface area contributed by atoms with Crippen molar-refractivity contribution >= 4 is 28.4 Å². The molecule has 0 saturated heterocycles. The molecule has 0 saturated carbocycles. The smallest absolute Gasteiger partial charge is 0.450 e.